The zero-order valence-corrected chi connectivity index (χ0v) is 12.8. The lowest BCUT2D eigenvalue weighted by Crippen LogP contribution is -2.56. The first-order chi connectivity index (χ1) is 9.68. The minimum Gasteiger partial charge on any atom is -0.480 e. The molecule has 2 saturated carbocycles. The summed E-state index contributed by atoms with van der Waals surface area (Å²) in [5.41, 5.74) is -0.659. The molecule has 0 aromatic rings. The number of carboxylic acid groups (broad SMARTS) is 1. The van der Waals surface area contributed by atoms with E-state index in [0.29, 0.717) is 17.4 Å². The maximum Gasteiger partial charge on any atom is 0.323 e. The first-order valence-corrected chi connectivity index (χ1v) is 8.97. The van der Waals surface area contributed by atoms with Crippen molar-refractivity contribution in [2.75, 3.05) is 12.4 Å². The Morgan fingerprint density at radius 3 is 2.80 bits per heavy atom. The summed E-state index contributed by atoms with van der Waals surface area (Å²) in [6.45, 7) is 0.901. The highest BCUT2D eigenvalue weighted by molar-refractivity contribution is 7.99. The largest absolute Gasteiger partial charge is 0.480 e. The summed E-state index contributed by atoms with van der Waals surface area (Å²) < 4.78 is 5.67. The molecular formula is C15H25NO3S. The minimum atomic E-state index is -0.659. The lowest BCUT2D eigenvalue weighted by atomic mass is 9.81. The van der Waals surface area contributed by atoms with Gasteiger partial charge in [-0.25, -0.2) is 0 Å². The quantitative estimate of drug-likeness (QED) is 0.789. The van der Waals surface area contributed by atoms with Crippen molar-refractivity contribution in [2.24, 2.45) is 0 Å². The predicted octanol–water partition coefficient (Wildman–Crippen LogP) is 2.42. The zero-order chi connectivity index (χ0) is 14.0. The van der Waals surface area contributed by atoms with Crippen molar-refractivity contribution in [1.29, 1.82) is 0 Å². The molecule has 1 aliphatic heterocycles. The van der Waals surface area contributed by atoms with Crippen molar-refractivity contribution in [1.82, 2.24) is 5.32 Å². The van der Waals surface area contributed by atoms with Gasteiger partial charge in [-0.3, -0.25) is 10.1 Å². The second-order valence-electron chi connectivity index (χ2n) is 6.49. The Morgan fingerprint density at radius 1 is 1.30 bits per heavy atom. The van der Waals surface area contributed by atoms with Crippen LogP contribution in [0.2, 0.25) is 0 Å². The Bertz CT molecular complexity index is 355. The smallest absolute Gasteiger partial charge is 0.323 e. The third-order valence-electron chi connectivity index (χ3n) is 4.71. The van der Waals surface area contributed by atoms with Crippen LogP contribution in [0.3, 0.4) is 0 Å². The van der Waals surface area contributed by atoms with Crippen molar-refractivity contribution in [3.8, 4) is 0 Å². The van der Waals surface area contributed by atoms with E-state index in [9.17, 15) is 9.90 Å². The monoisotopic (exact) mass is 299 g/mol. The van der Waals surface area contributed by atoms with Crippen molar-refractivity contribution in [3.63, 3.8) is 0 Å². The number of hydrogen-bond donors (Lipinski definition) is 2. The summed E-state index contributed by atoms with van der Waals surface area (Å²) in [6, 6.07) is 0.452. The molecule has 3 unspecified atom stereocenters. The Labute approximate surface area is 125 Å². The third-order valence-corrected chi connectivity index (χ3v) is 6.15. The van der Waals surface area contributed by atoms with Crippen LogP contribution in [-0.4, -0.2) is 46.4 Å². The van der Waals surface area contributed by atoms with Gasteiger partial charge < -0.3 is 9.84 Å². The van der Waals surface area contributed by atoms with Crippen LogP contribution < -0.4 is 5.32 Å². The molecule has 0 radical (unpaired) electrons. The summed E-state index contributed by atoms with van der Waals surface area (Å²) in [7, 11) is 0. The molecule has 5 heteroatoms. The van der Waals surface area contributed by atoms with Crippen LogP contribution in [0.25, 0.3) is 0 Å². The standard InChI is InChI=1S/C15H25NO3S/c17-14(18)15(16-11-5-6-11)7-1-4-13(9-15)20-10-12-3-2-8-19-12/h11-13,16H,1-10H2,(H,17,18). The fraction of sp³-hybridized carbons (Fsp3) is 0.933. The topological polar surface area (TPSA) is 58.6 Å². The number of carbonyl (C=O) groups is 1. The number of ether oxygens (including phenoxy) is 1. The second-order valence-corrected chi connectivity index (χ2v) is 7.83. The molecule has 0 spiro atoms. The van der Waals surface area contributed by atoms with Gasteiger partial charge in [-0.15, -0.1) is 0 Å². The molecule has 3 rings (SSSR count). The molecule has 0 amide bonds. The Hall–Kier alpha value is -0.260. The molecule has 114 valence electrons. The van der Waals surface area contributed by atoms with Crippen LogP contribution in [0.15, 0.2) is 0 Å². The van der Waals surface area contributed by atoms with Gasteiger partial charge in [-0.1, -0.05) is 0 Å². The van der Waals surface area contributed by atoms with Crippen LogP contribution in [-0.2, 0) is 9.53 Å². The number of hydrogen-bond acceptors (Lipinski definition) is 4. The van der Waals surface area contributed by atoms with Crippen molar-refractivity contribution < 1.29 is 14.6 Å². The number of nitrogens with one attached hydrogen (secondary N) is 1. The average molecular weight is 299 g/mol. The van der Waals surface area contributed by atoms with Crippen LogP contribution in [0, 0.1) is 0 Å². The van der Waals surface area contributed by atoms with Crippen LogP contribution in [0.5, 0.6) is 0 Å². The summed E-state index contributed by atoms with van der Waals surface area (Å²) in [4.78, 5) is 11.7. The Morgan fingerprint density at radius 2 is 2.15 bits per heavy atom. The summed E-state index contributed by atoms with van der Waals surface area (Å²) in [5.74, 6) is 0.385. The first-order valence-electron chi connectivity index (χ1n) is 7.92. The van der Waals surface area contributed by atoms with E-state index in [1.54, 1.807) is 0 Å². The normalized spacial score (nSPS) is 38.0. The molecule has 20 heavy (non-hydrogen) atoms. The maximum absolute atomic E-state index is 11.7. The molecule has 3 atom stereocenters. The molecular weight excluding hydrogens is 274 g/mol. The number of aliphatic carboxylic acids is 1. The number of rotatable bonds is 6. The van der Waals surface area contributed by atoms with Crippen LogP contribution >= 0.6 is 11.8 Å². The lowest BCUT2D eigenvalue weighted by molar-refractivity contribution is -0.146. The van der Waals surface area contributed by atoms with Crippen LogP contribution in [0.4, 0.5) is 0 Å². The highest BCUT2D eigenvalue weighted by Crippen LogP contribution is 2.38. The Balaban J connectivity index is 1.54. The van der Waals surface area contributed by atoms with Crippen molar-refractivity contribution in [3.05, 3.63) is 0 Å². The van der Waals surface area contributed by atoms with E-state index in [2.05, 4.69) is 5.32 Å². The fourth-order valence-electron chi connectivity index (χ4n) is 3.39. The highest BCUT2D eigenvalue weighted by Gasteiger charge is 2.46. The van der Waals surface area contributed by atoms with E-state index in [1.165, 1.54) is 12.8 Å². The molecule has 1 saturated heterocycles. The fourth-order valence-corrected chi connectivity index (χ4v) is 4.88. The van der Waals surface area contributed by atoms with E-state index >= 15 is 0 Å². The maximum atomic E-state index is 11.7. The SMILES string of the molecule is O=C(O)C1(NC2CC2)CCCC(SCC2CCCO2)C1. The van der Waals surface area contributed by atoms with E-state index in [0.717, 1.165) is 50.9 Å². The molecule has 0 bridgehead atoms. The lowest BCUT2D eigenvalue weighted by Gasteiger charge is -2.38. The predicted molar refractivity (Wildman–Crippen MR) is 80.2 cm³/mol. The third kappa shape index (κ3) is 3.49. The van der Waals surface area contributed by atoms with Crippen molar-refractivity contribution in [2.45, 2.75) is 74.3 Å². The first kappa shape index (κ1) is 14.7. The molecule has 0 aromatic heterocycles. The van der Waals surface area contributed by atoms with Gasteiger partial charge >= 0.3 is 5.97 Å². The zero-order valence-electron chi connectivity index (χ0n) is 12.0. The summed E-state index contributed by atoms with van der Waals surface area (Å²) in [5, 5.41) is 13.6. The van der Waals surface area contributed by atoms with Gasteiger partial charge in [0.2, 0.25) is 0 Å². The van der Waals surface area contributed by atoms with E-state index < -0.39 is 11.5 Å². The molecule has 3 fully saturated rings. The number of thioether (sulfide) groups is 1. The van der Waals surface area contributed by atoms with Gasteiger partial charge in [0.15, 0.2) is 0 Å². The second kappa shape index (κ2) is 6.24. The van der Waals surface area contributed by atoms with Gasteiger partial charge in [0.05, 0.1) is 6.10 Å². The molecule has 0 aromatic carbocycles. The van der Waals surface area contributed by atoms with E-state index in [4.69, 9.17) is 4.74 Å². The molecule has 3 aliphatic rings. The summed E-state index contributed by atoms with van der Waals surface area (Å²) >= 11 is 1.93. The van der Waals surface area contributed by atoms with Crippen molar-refractivity contribution >= 4 is 17.7 Å². The average Bonchev–Trinajstić information content (AvgIpc) is 3.08. The van der Waals surface area contributed by atoms with Gasteiger partial charge in [0.25, 0.3) is 0 Å². The van der Waals surface area contributed by atoms with Gasteiger partial charge in [-0.05, 0) is 51.4 Å². The molecule has 1 heterocycles. The van der Waals surface area contributed by atoms with Crippen LogP contribution in [0.1, 0.15) is 51.4 Å². The Kier molecular flexibility index (Phi) is 4.58. The van der Waals surface area contributed by atoms with E-state index in [-0.39, 0.29) is 0 Å². The molecule has 4 nitrogen and oxygen atoms in total. The van der Waals surface area contributed by atoms with Gasteiger partial charge in [0, 0.05) is 23.7 Å². The number of carboxylic acids is 1. The molecule has 2 N–H and O–H groups in total. The van der Waals surface area contributed by atoms with Gasteiger partial charge in [0.1, 0.15) is 5.54 Å². The minimum absolute atomic E-state index is 0.401. The van der Waals surface area contributed by atoms with Gasteiger partial charge in [-0.2, -0.15) is 11.8 Å². The van der Waals surface area contributed by atoms with E-state index in [1.807, 2.05) is 11.8 Å². The summed E-state index contributed by atoms with van der Waals surface area (Å²) in [6.07, 6.45) is 8.77. The highest BCUT2D eigenvalue weighted by atomic mass is 32.2. The molecule has 2 aliphatic carbocycles.